The SMILES string of the molecule is CCOC(=O)c1sc(N2C(=O)C(=O)/C(=C(/O)c3c(C)nc4ccccn34)C2c2cccc(OCCC(C)C)c2)nc1C. The number of thiazole rings is 1. The summed E-state index contributed by atoms with van der Waals surface area (Å²) in [7, 11) is 0. The molecule has 11 heteroatoms. The number of carbonyl (C=O) groups is 3. The molecule has 1 atom stereocenters. The number of aromatic nitrogens is 3. The van der Waals surface area contributed by atoms with Crippen molar-refractivity contribution in [2.45, 2.75) is 47.1 Å². The molecule has 0 bridgehead atoms. The number of benzene rings is 1. The largest absolute Gasteiger partial charge is 0.505 e. The number of nitrogens with zero attached hydrogens (tertiary/aromatic N) is 4. The van der Waals surface area contributed by atoms with E-state index in [9.17, 15) is 19.5 Å². The smallest absolute Gasteiger partial charge is 0.350 e. The number of aliphatic hydroxyl groups is 1. The Hall–Kier alpha value is -4.51. The number of fused-ring (bicyclic) bond motifs is 1. The van der Waals surface area contributed by atoms with Crippen LogP contribution in [-0.2, 0) is 14.3 Å². The molecule has 1 fully saturated rings. The van der Waals surface area contributed by atoms with Crippen molar-refractivity contribution in [1.82, 2.24) is 14.4 Å². The van der Waals surface area contributed by atoms with Crippen molar-refractivity contribution >= 4 is 45.5 Å². The van der Waals surface area contributed by atoms with Crippen molar-refractivity contribution in [2.24, 2.45) is 5.92 Å². The minimum atomic E-state index is -1.05. The molecule has 42 heavy (non-hydrogen) atoms. The molecule has 0 aliphatic carbocycles. The quantitative estimate of drug-likeness (QED) is 0.115. The highest BCUT2D eigenvalue weighted by molar-refractivity contribution is 7.17. The fourth-order valence-electron chi connectivity index (χ4n) is 4.93. The fourth-order valence-corrected chi connectivity index (χ4v) is 5.92. The van der Waals surface area contributed by atoms with Gasteiger partial charge in [0, 0.05) is 6.20 Å². The Bertz CT molecular complexity index is 1720. The van der Waals surface area contributed by atoms with E-state index in [1.54, 1.807) is 67.8 Å². The number of aliphatic hydroxyl groups excluding tert-OH is 1. The van der Waals surface area contributed by atoms with Crippen LogP contribution in [0.15, 0.2) is 54.2 Å². The van der Waals surface area contributed by atoms with Crippen LogP contribution >= 0.6 is 11.3 Å². The van der Waals surface area contributed by atoms with Crippen molar-refractivity contribution in [3.8, 4) is 5.75 Å². The van der Waals surface area contributed by atoms with Gasteiger partial charge < -0.3 is 14.6 Å². The summed E-state index contributed by atoms with van der Waals surface area (Å²) in [6, 6.07) is 11.4. The first-order valence-corrected chi connectivity index (χ1v) is 14.6. The van der Waals surface area contributed by atoms with Crippen LogP contribution in [0.1, 0.15) is 65.6 Å². The molecule has 4 heterocycles. The number of anilines is 1. The predicted octanol–water partition coefficient (Wildman–Crippen LogP) is 5.64. The summed E-state index contributed by atoms with van der Waals surface area (Å²) in [5.74, 6) is -1.65. The maximum absolute atomic E-state index is 13.7. The van der Waals surface area contributed by atoms with Gasteiger partial charge in [-0.1, -0.05) is 43.4 Å². The van der Waals surface area contributed by atoms with E-state index >= 15 is 0 Å². The van der Waals surface area contributed by atoms with Crippen LogP contribution in [0.25, 0.3) is 11.4 Å². The highest BCUT2D eigenvalue weighted by Gasteiger charge is 2.49. The zero-order valence-electron chi connectivity index (χ0n) is 24.1. The van der Waals surface area contributed by atoms with Crippen LogP contribution in [0, 0.1) is 19.8 Å². The van der Waals surface area contributed by atoms with E-state index in [0.29, 0.717) is 46.6 Å². The highest BCUT2D eigenvalue weighted by atomic mass is 32.1. The van der Waals surface area contributed by atoms with Crippen LogP contribution in [0.5, 0.6) is 5.75 Å². The number of hydrogen-bond acceptors (Lipinski definition) is 9. The van der Waals surface area contributed by atoms with Crippen molar-refractivity contribution in [3.05, 3.63) is 81.8 Å². The number of imidazole rings is 1. The number of aryl methyl sites for hydroxylation is 2. The summed E-state index contributed by atoms with van der Waals surface area (Å²) in [6.45, 7) is 9.96. The Morgan fingerprint density at radius 3 is 2.62 bits per heavy atom. The summed E-state index contributed by atoms with van der Waals surface area (Å²) in [5, 5.41) is 11.9. The van der Waals surface area contributed by atoms with Crippen LogP contribution in [0.2, 0.25) is 0 Å². The second-order valence-corrected chi connectivity index (χ2v) is 11.4. The van der Waals surface area contributed by atoms with E-state index in [2.05, 4.69) is 23.8 Å². The topological polar surface area (TPSA) is 123 Å². The molecule has 5 rings (SSSR count). The third-order valence-corrected chi connectivity index (χ3v) is 8.10. The van der Waals surface area contributed by atoms with Gasteiger partial charge in [-0.3, -0.25) is 18.9 Å². The number of hydrogen-bond donors (Lipinski definition) is 1. The molecule has 1 amide bonds. The molecule has 3 aromatic heterocycles. The summed E-state index contributed by atoms with van der Waals surface area (Å²) in [6.07, 6.45) is 2.58. The van der Waals surface area contributed by atoms with Crippen LogP contribution in [-0.4, -0.2) is 50.3 Å². The standard InChI is InChI=1S/C31H32N4O6S/c1-6-40-30(39)28-19(5)33-31(42-28)35-25(20-10-9-11-21(16-20)41-15-13-17(2)3)23(27(37)29(35)38)26(36)24-18(4)32-22-12-7-8-14-34(22)24/h7-12,14,16-17,25,36H,6,13,15H2,1-5H3/b26-23+. The third kappa shape index (κ3) is 5.27. The lowest BCUT2D eigenvalue weighted by molar-refractivity contribution is -0.132. The summed E-state index contributed by atoms with van der Waals surface area (Å²) in [4.78, 5) is 50.5. The Labute approximate surface area is 247 Å². The normalized spacial score (nSPS) is 16.5. The van der Waals surface area contributed by atoms with Gasteiger partial charge in [-0.05, 0) is 62.9 Å². The number of esters is 1. The van der Waals surface area contributed by atoms with Crippen molar-refractivity contribution in [3.63, 3.8) is 0 Å². The van der Waals surface area contributed by atoms with Gasteiger partial charge in [0.25, 0.3) is 5.78 Å². The third-order valence-electron chi connectivity index (χ3n) is 6.96. The molecule has 4 aromatic rings. The van der Waals surface area contributed by atoms with E-state index in [0.717, 1.165) is 17.8 Å². The predicted molar refractivity (Wildman–Crippen MR) is 159 cm³/mol. The van der Waals surface area contributed by atoms with Gasteiger partial charge in [0.1, 0.15) is 22.0 Å². The van der Waals surface area contributed by atoms with Crippen LogP contribution in [0.3, 0.4) is 0 Å². The van der Waals surface area contributed by atoms with E-state index in [-0.39, 0.29) is 27.9 Å². The van der Waals surface area contributed by atoms with Gasteiger partial charge in [0.15, 0.2) is 10.9 Å². The maximum Gasteiger partial charge on any atom is 0.350 e. The molecule has 1 unspecified atom stereocenters. The average Bonchev–Trinajstić information content (AvgIpc) is 3.58. The Kier molecular flexibility index (Phi) is 8.13. The maximum atomic E-state index is 13.7. The van der Waals surface area contributed by atoms with Crippen molar-refractivity contribution < 1.29 is 29.0 Å². The summed E-state index contributed by atoms with van der Waals surface area (Å²) in [5.41, 5.74) is 2.17. The number of ketones is 1. The molecule has 1 aliphatic heterocycles. The number of amides is 1. The molecule has 0 saturated carbocycles. The molecule has 1 aromatic carbocycles. The minimum absolute atomic E-state index is 0.112. The first kappa shape index (κ1) is 29.0. The zero-order chi connectivity index (χ0) is 30.1. The zero-order valence-corrected chi connectivity index (χ0v) is 24.9. The van der Waals surface area contributed by atoms with E-state index in [1.807, 2.05) is 6.07 Å². The first-order chi connectivity index (χ1) is 20.1. The fraction of sp³-hybridized carbons (Fsp3) is 0.323. The Morgan fingerprint density at radius 1 is 1.10 bits per heavy atom. The molecule has 0 radical (unpaired) electrons. The molecule has 1 saturated heterocycles. The second-order valence-electron chi connectivity index (χ2n) is 10.4. The Morgan fingerprint density at radius 2 is 1.88 bits per heavy atom. The number of carbonyl (C=O) groups excluding carboxylic acids is 3. The van der Waals surface area contributed by atoms with Gasteiger partial charge in [0.2, 0.25) is 0 Å². The second kappa shape index (κ2) is 11.8. The van der Waals surface area contributed by atoms with Gasteiger partial charge in [0.05, 0.1) is 36.2 Å². The molecule has 0 spiro atoms. The molecule has 1 N–H and O–H groups in total. The van der Waals surface area contributed by atoms with Crippen LogP contribution < -0.4 is 9.64 Å². The van der Waals surface area contributed by atoms with E-state index in [1.165, 1.54) is 4.90 Å². The lowest BCUT2D eigenvalue weighted by Crippen LogP contribution is -2.29. The highest BCUT2D eigenvalue weighted by Crippen LogP contribution is 2.44. The average molecular weight is 589 g/mol. The Balaban J connectivity index is 1.69. The lowest BCUT2D eigenvalue weighted by Gasteiger charge is -2.23. The van der Waals surface area contributed by atoms with Crippen molar-refractivity contribution in [1.29, 1.82) is 0 Å². The monoisotopic (exact) mass is 588 g/mol. The van der Waals surface area contributed by atoms with Gasteiger partial charge in [-0.2, -0.15) is 0 Å². The van der Waals surface area contributed by atoms with Crippen LogP contribution in [0.4, 0.5) is 5.13 Å². The molecule has 1 aliphatic rings. The summed E-state index contributed by atoms with van der Waals surface area (Å²) >= 11 is 0.961. The summed E-state index contributed by atoms with van der Waals surface area (Å²) < 4.78 is 12.8. The number of Topliss-reactive ketones (excluding diaryl/α,β-unsaturated/α-hetero) is 1. The minimum Gasteiger partial charge on any atom is -0.505 e. The van der Waals surface area contributed by atoms with Gasteiger partial charge in [-0.25, -0.2) is 14.8 Å². The van der Waals surface area contributed by atoms with Gasteiger partial charge in [-0.15, -0.1) is 0 Å². The van der Waals surface area contributed by atoms with Gasteiger partial charge >= 0.3 is 11.9 Å². The van der Waals surface area contributed by atoms with E-state index < -0.39 is 23.7 Å². The molecule has 10 nitrogen and oxygen atoms in total. The lowest BCUT2D eigenvalue weighted by atomic mass is 9.96. The first-order valence-electron chi connectivity index (χ1n) is 13.7. The van der Waals surface area contributed by atoms with E-state index in [4.69, 9.17) is 9.47 Å². The number of rotatable bonds is 9. The molecular formula is C31H32N4O6S. The molecular weight excluding hydrogens is 556 g/mol. The molecule has 218 valence electrons. The number of pyridine rings is 1. The number of ether oxygens (including phenoxy) is 2. The van der Waals surface area contributed by atoms with Crippen molar-refractivity contribution in [2.75, 3.05) is 18.1 Å².